The van der Waals surface area contributed by atoms with Gasteiger partial charge >= 0.3 is 0 Å². The zero-order valence-electron chi connectivity index (χ0n) is 17.8. The second kappa shape index (κ2) is 7.71. The molecule has 1 atom stereocenters. The second-order valence-electron chi connectivity index (χ2n) is 8.19. The number of hydrogen-bond donors (Lipinski definition) is 1. The Balaban J connectivity index is 1.58. The Morgan fingerprint density at radius 1 is 0.824 bits per heavy atom. The summed E-state index contributed by atoms with van der Waals surface area (Å²) in [5.41, 5.74) is 8.98. The first kappa shape index (κ1) is 20.4. The van der Waals surface area contributed by atoms with Crippen molar-refractivity contribution in [3.8, 4) is 33.8 Å². The Kier molecular flexibility index (Phi) is 4.63. The summed E-state index contributed by atoms with van der Waals surface area (Å²) in [7, 11) is 0. The first-order chi connectivity index (χ1) is 16.5. The van der Waals surface area contributed by atoms with Crippen LogP contribution in [0.3, 0.4) is 0 Å². The molecule has 1 spiro atoms. The van der Waals surface area contributed by atoms with Gasteiger partial charge in [-0.05, 0) is 59.2 Å². The highest BCUT2D eigenvalue weighted by Gasteiger charge is 2.45. The van der Waals surface area contributed by atoms with E-state index in [9.17, 15) is 8.78 Å². The number of nitrogens with zero attached hydrogens (tertiary/aromatic N) is 3. The van der Waals surface area contributed by atoms with E-state index in [-0.39, 0.29) is 13.2 Å². The number of ether oxygens (including phenoxy) is 2. The number of pyridine rings is 2. The van der Waals surface area contributed by atoms with Gasteiger partial charge in [0.05, 0.1) is 6.61 Å². The normalized spacial score (nSPS) is 18.6. The Bertz CT molecular complexity index is 1470. The molecule has 2 aromatic carbocycles. The zero-order chi connectivity index (χ0) is 23.3. The average Bonchev–Trinajstić information content (AvgIpc) is 2.84. The summed E-state index contributed by atoms with van der Waals surface area (Å²) in [6.45, 7) is 0.420. The van der Waals surface area contributed by atoms with E-state index in [1.165, 1.54) is 18.5 Å². The third-order valence-electron chi connectivity index (χ3n) is 6.10. The minimum Gasteiger partial charge on any atom is -0.457 e. The molecule has 0 radical (unpaired) electrons. The predicted molar refractivity (Wildman–Crippen MR) is 123 cm³/mol. The number of hydrogen-bond acceptors (Lipinski definition) is 6. The lowest BCUT2D eigenvalue weighted by Crippen LogP contribution is -2.42. The molecule has 0 aliphatic carbocycles. The predicted octanol–water partition coefficient (Wildman–Crippen LogP) is 4.83. The van der Waals surface area contributed by atoms with Crippen LogP contribution in [0.2, 0.25) is 0 Å². The molecule has 168 valence electrons. The number of fused-ring (bicyclic) bond motifs is 4. The van der Waals surface area contributed by atoms with E-state index in [1.54, 1.807) is 30.3 Å². The lowest BCUT2D eigenvalue weighted by Gasteiger charge is -2.39. The lowest BCUT2D eigenvalue weighted by atomic mass is 9.78. The smallest absolute Gasteiger partial charge is 0.220 e. The third-order valence-corrected chi connectivity index (χ3v) is 6.10. The number of amidine groups is 1. The van der Waals surface area contributed by atoms with Crippen LogP contribution in [-0.4, -0.2) is 29.0 Å². The van der Waals surface area contributed by atoms with Crippen molar-refractivity contribution < 1.29 is 18.3 Å². The number of aliphatic imine (C=N–C) groups is 1. The number of benzene rings is 2. The Morgan fingerprint density at radius 2 is 1.56 bits per heavy atom. The lowest BCUT2D eigenvalue weighted by molar-refractivity contribution is 0.110. The van der Waals surface area contributed by atoms with Crippen molar-refractivity contribution >= 4 is 5.84 Å². The summed E-state index contributed by atoms with van der Waals surface area (Å²) in [6, 6.07) is 17.4. The van der Waals surface area contributed by atoms with E-state index in [0.717, 1.165) is 11.1 Å². The largest absolute Gasteiger partial charge is 0.457 e. The van der Waals surface area contributed by atoms with E-state index < -0.39 is 17.4 Å². The van der Waals surface area contributed by atoms with Gasteiger partial charge in [-0.2, -0.15) is 8.78 Å². The van der Waals surface area contributed by atoms with Gasteiger partial charge in [0.2, 0.25) is 11.9 Å². The Morgan fingerprint density at radius 3 is 2.29 bits per heavy atom. The van der Waals surface area contributed by atoms with Gasteiger partial charge < -0.3 is 15.2 Å². The summed E-state index contributed by atoms with van der Waals surface area (Å²) in [6.07, 6.45) is 2.82. The molecule has 4 aromatic rings. The summed E-state index contributed by atoms with van der Waals surface area (Å²) in [5.74, 6) is 0.360. The molecule has 0 fully saturated rings. The summed E-state index contributed by atoms with van der Waals surface area (Å²) >= 11 is 0. The highest BCUT2D eigenvalue weighted by atomic mass is 19.1. The van der Waals surface area contributed by atoms with Crippen LogP contribution in [0.25, 0.3) is 22.3 Å². The van der Waals surface area contributed by atoms with Crippen LogP contribution in [0.1, 0.15) is 11.1 Å². The monoisotopic (exact) mass is 456 g/mol. The first-order valence-corrected chi connectivity index (χ1v) is 10.7. The van der Waals surface area contributed by atoms with Crippen molar-refractivity contribution in [1.82, 2.24) is 9.97 Å². The summed E-state index contributed by atoms with van der Waals surface area (Å²) < 4.78 is 40.3. The molecule has 8 heteroatoms. The molecule has 0 saturated carbocycles. The summed E-state index contributed by atoms with van der Waals surface area (Å²) in [4.78, 5) is 12.3. The van der Waals surface area contributed by atoms with Crippen molar-refractivity contribution in [3.63, 3.8) is 0 Å². The topological polar surface area (TPSA) is 82.6 Å². The molecule has 6 nitrogen and oxygen atoms in total. The molecule has 34 heavy (non-hydrogen) atoms. The first-order valence-electron chi connectivity index (χ1n) is 10.7. The van der Waals surface area contributed by atoms with Crippen molar-refractivity contribution in [1.29, 1.82) is 0 Å². The van der Waals surface area contributed by atoms with E-state index in [2.05, 4.69) is 9.97 Å². The quantitative estimate of drug-likeness (QED) is 0.437. The number of nitrogens with two attached hydrogens (primary N) is 1. The van der Waals surface area contributed by atoms with Crippen molar-refractivity contribution in [2.24, 2.45) is 10.7 Å². The molecule has 2 aliphatic heterocycles. The van der Waals surface area contributed by atoms with Gasteiger partial charge in [0.15, 0.2) is 0 Å². The van der Waals surface area contributed by atoms with Crippen LogP contribution < -0.4 is 10.5 Å². The number of rotatable bonds is 2. The van der Waals surface area contributed by atoms with E-state index in [0.29, 0.717) is 39.6 Å². The van der Waals surface area contributed by atoms with Crippen LogP contribution >= 0.6 is 0 Å². The molecule has 0 bridgehead atoms. The maximum Gasteiger partial charge on any atom is 0.220 e. The van der Waals surface area contributed by atoms with Crippen LogP contribution in [0.15, 0.2) is 78.0 Å². The van der Waals surface area contributed by atoms with Crippen LogP contribution in [0, 0.1) is 11.9 Å². The van der Waals surface area contributed by atoms with Gasteiger partial charge in [-0.1, -0.05) is 12.1 Å². The van der Waals surface area contributed by atoms with Gasteiger partial charge in [-0.15, -0.1) is 0 Å². The van der Waals surface area contributed by atoms with Crippen LogP contribution in [-0.2, 0) is 10.3 Å². The maximum absolute atomic E-state index is 14.5. The number of halogens is 2. The van der Waals surface area contributed by atoms with E-state index >= 15 is 0 Å². The summed E-state index contributed by atoms with van der Waals surface area (Å²) in [5, 5.41) is 0. The highest BCUT2D eigenvalue weighted by molar-refractivity contribution is 5.84. The third kappa shape index (κ3) is 3.22. The SMILES string of the molecule is NC1=N[C@]2(COC1)c1cc(-c3ccnc(F)c3)ccc1Oc1ccc(-c3cccnc3F)cc12. The average molecular weight is 456 g/mol. The van der Waals surface area contributed by atoms with Gasteiger partial charge in [-0.25, -0.2) is 9.97 Å². The Hall–Kier alpha value is -4.17. The van der Waals surface area contributed by atoms with Crippen molar-refractivity contribution in [2.75, 3.05) is 13.2 Å². The maximum atomic E-state index is 14.5. The zero-order valence-corrected chi connectivity index (χ0v) is 17.8. The minimum absolute atomic E-state index is 0.208. The standard InChI is InChI=1S/C26H18F2N4O2/c27-23-12-16(7-9-30-23)15-3-5-21-19(10-15)26(14-33-13-24(29)32-26)20-11-17(4-6-22(20)34-21)18-2-1-8-31-25(18)28/h1-12H,13-14H2,(H2,29,32)/t26-/m1/s1. The second-order valence-corrected chi connectivity index (χ2v) is 8.19. The van der Waals surface area contributed by atoms with E-state index in [4.69, 9.17) is 20.2 Å². The molecule has 0 saturated heterocycles. The van der Waals surface area contributed by atoms with Gasteiger partial charge in [0, 0.05) is 35.2 Å². The molecule has 2 aromatic heterocycles. The molecule has 2 aliphatic rings. The van der Waals surface area contributed by atoms with Gasteiger partial charge in [0.1, 0.15) is 29.5 Å². The Labute approximate surface area is 193 Å². The van der Waals surface area contributed by atoms with Crippen molar-refractivity contribution in [3.05, 3.63) is 96.1 Å². The van der Waals surface area contributed by atoms with Crippen LogP contribution in [0.5, 0.6) is 11.5 Å². The minimum atomic E-state index is -1.01. The molecule has 6 rings (SSSR count). The van der Waals surface area contributed by atoms with Gasteiger partial charge in [0.25, 0.3) is 0 Å². The fourth-order valence-electron chi connectivity index (χ4n) is 4.57. The molecule has 0 unspecified atom stereocenters. The molecule has 4 heterocycles. The fraction of sp³-hybridized carbons (Fsp3) is 0.115. The van der Waals surface area contributed by atoms with Crippen LogP contribution in [0.4, 0.5) is 8.78 Å². The van der Waals surface area contributed by atoms with E-state index in [1.807, 2.05) is 24.3 Å². The number of aromatic nitrogens is 2. The van der Waals surface area contributed by atoms with Crippen molar-refractivity contribution in [2.45, 2.75) is 5.54 Å². The van der Waals surface area contributed by atoms with Gasteiger partial charge in [-0.3, -0.25) is 4.99 Å². The molecular formula is C26H18F2N4O2. The molecule has 2 N–H and O–H groups in total. The molecular weight excluding hydrogens is 438 g/mol. The molecule has 0 amide bonds. The highest BCUT2D eigenvalue weighted by Crippen LogP contribution is 2.51. The fourth-order valence-corrected chi connectivity index (χ4v) is 4.57.